The highest BCUT2D eigenvalue weighted by atomic mass is 79.9. The molecule has 0 unspecified atom stereocenters. The van der Waals surface area contributed by atoms with Gasteiger partial charge in [-0.05, 0) is 41.5 Å². The van der Waals surface area contributed by atoms with Gasteiger partial charge in [0.1, 0.15) is 5.75 Å². The minimum absolute atomic E-state index is 0.0120. The Morgan fingerprint density at radius 1 is 1.03 bits per heavy atom. The zero-order valence-electron chi connectivity index (χ0n) is 16.0. The van der Waals surface area contributed by atoms with E-state index in [4.69, 9.17) is 4.74 Å². The molecule has 0 aliphatic carbocycles. The number of methoxy groups -OCH3 is 1. The van der Waals surface area contributed by atoms with Gasteiger partial charge in [-0.15, -0.1) is 0 Å². The lowest BCUT2D eigenvalue weighted by atomic mass is 9.91. The van der Waals surface area contributed by atoms with E-state index in [1.54, 1.807) is 19.2 Å². The molecule has 29 heavy (non-hydrogen) atoms. The Kier molecular flexibility index (Phi) is 5.67. The van der Waals surface area contributed by atoms with Crippen LogP contribution in [0.1, 0.15) is 27.4 Å². The van der Waals surface area contributed by atoms with E-state index in [0.29, 0.717) is 17.9 Å². The van der Waals surface area contributed by atoms with Gasteiger partial charge >= 0.3 is 0 Å². The number of H-pyrrole nitrogens is 1. The third-order valence-electron chi connectivity index (χ3n) is 5.09. The molecule has 1 amide bonds. The second-order valence-electron chi connectivity index (χ2n) is 6.80. The summed E-state index contributed by atoms with van der Waals surface area (Å²) in [4.78, 5) is 16.2. The van der Waals surface area contributed by atoms with E-state index in [1.165, 1.54) is 0 Å². The molecule has 3 aromatic carbocycles. The van der Waals surface area contributed by atoms with E-state index in [0.717, 1.165) is 26.5 Å². The maximum absolute atomic E-state index is 12.8. The maximum Gasteiger partial charge on any atom is 0.255 e. The number of nitrogens with one attached hydrogen (secondary N) is 2. The molecule has 1 aromatic heterocycles. The molecule has 0 bridgehead atoms. The fourth-order valence-electron chi connectivity index (χ4n) is 3.61. The van der Waals surface area contributed by atoms with E-state index in [1.807, 2.05) is 42.6 Å². The monoisotopic (exact) mass is 448 g/mol. The summed E-state index contributed by atoms with van der Waals surface area (Å²) >= 11 is 3.50. The minimum atomic E-state index is -0.149. The van der Waals surface area contributed by atoms with Gasteiger partial charge in [0.2, 0.25) is 0 Å². The van der Waals surface area contributed by atoms with Gasteiger partial charge in [-0.1, -0.05) is 58.4 Å². The number of hydrogen-bond acceptors (Lipinski definition) is 2. The number of fused-ring (bicyclic) bond motifs is 1. The second-order valence-corrected chi connectivity index (χ2v) is 7.72. The first kappa shape index (κ1) is 19.3. The van der Waals surface area contributed by atoms with Gasteiger partial charge < -0.3 is 15.0 Å². The smallest absolute Gasteiger partial charge is 0.255 e. The number of para-hydroxylation sites is 2. The molecule has 2 N–H and O–H groups in total. The van der Waals surface area contributed by atoms with E-state index in [-0.39, 0.29) is 11.8 Å². The van der Waals surface area contributed by atoms with Crippen LogP contribution in [0, 0.1) is 0 Å². The van der Waals surface area contributed by atoms with Crippen LogP contribution in [0.25, 0.3) is 10.9 Å². The molecule has 0 saturated heterocycles. The molecule has 0 spiro atoms. The number of halogens is 1. The van der Waals surface area contributed by atoms with Crippen molar-refractivity contribution < 1.29 is 9.53 Å². The SMILES string of the molecule is COc1ccccc1C(=O)NC[C@H](c1ccc(Br)cc1)c1c[nH]c2ccccc12. The average Bonchev–Trinajstić information content (AvgIpc) is 3.19. The number of carbonyl (C=O) groups is 1. The number of aromatic amines is 1. The largest absolute Gasteiger partial charge is 0.496 e. The predicted molar refractivity (Wildman–Crippen MR) is 120 cm³/mol. The van der Waals surface area contributed by atoms with Gasteiger partial charge in [-0.3, -0.25) is 4.79 Å². The topological polar surface area (TPSA) is 54.1 Å². The zero-order chi connectivity index (χ0) is 20.2. The molecule has 1 heterocycles. The fraction of sp³-hybridized carbons (Fsp3) is 0.125. The van der Waals surface area contributed by atoms with Crippen molar-refractivity contribution in [2.24, 2.45) is 0 Å². The molecule has 4 rings (SSSR count). The van der Waals surface area contributed by atoms with Crippen LogP contribution in [0.5, 0.6) is 5.75 Å². The standard InChI is InChI=1S/C24H21BrN2O2/c1-29-23-9-5-3-7-19(23)24(28)27-14-20(16-10-12-17(25)13-11-16)21-15-26-22-8-4-2-6-18(21)22/h2-13,15,20,26H,14H2,1H3,(H,27,28)/t20-/m1/s1. The van der Waals surface area contributed by atoms with E-state index in [2.05, 4.69) is 50.5 Å². The summed E-state index contributed by atoms with van der Waals surface area (Å²) in [6, 6.07) is 23.7. The van der Waals surface area contributed by atoms with E-state index >= 15 is 0 Å². The quantitative estimate of drug-likeness (QED) is 0.409. The highest BCUT2D eigenvalue weighted by Crippen LogP contribution is 2.31. The van der Waals surface area contributed by atoms with Crippen molar-refractivity contribution in [3.63, 3.8) is 0 Å². The molecule has 0 fully saturated rings. The van der Waals surface area contributed by atoms with Crippen molar-refractivity contribution >= 4 is 32.7 Å². The fourth-order valence-corrected chi connectivity index (χ4v) is 3.87. The summed E-state index contributed by atoms with van der Waals surface area (Å²) in [5.74, 6) is 0.430. The van der Waals surface area contributed by atoms with E-state index in [9.17, 15) is 4.79 Å². The van der Waals surface area contributed by atoms with Gasteiger partial charge in [0, 0.05) is 34.0 Å². The van der Waals surface area contributed by atoms with Crippen LogP contribution < -0.4 is 10.1 Å². The number of aromatic nitrogens is 1. The zero-order valence-corrected chi connectivity index (χ0v) is 17.6. The van der Waals surface area contributed by atoms with Gasteiger partial charge in [0.25, 0.3) is 5.91 Å². The third kappa shape index (κ3) is 4.05. The number of carbonyl (C=O) groups excluding carboxylic acids is 1. The normalized spacial score (nSPS) is 11.9. The first-order chi connectivity index (χ1) is 14.2. The van der Waals surface area contributed by atoms with Crippen LogP contribution in [0.3, 0.4) is 0 Å². The van der Waals surface area contributed by atoms with Crippen molar-refractivity contribution in [3.05, 3.63) is 100 Å². The van der Waals surface area contributed by atoms with Gasteiger partial charge in [0.05, 0.1) is 12.7 Å². The first-order valence-electron chi connectivity index (χ1n) is 9.40. The number of ether oxygens (including phenoxy) is 1. The van der Waals surface area contributed by atoms with Gasteiger partial charge in [-0.2, -0.15) is 0 Å². The van der Waals surface area contributed by atoms with Crippen LogP contribution in [-0.2, 0) is 0 Å². The van der Waals surface area contributed by atoms with Crippen molar-refractivity contribution in [2.75, 3.05) is 13.7 Å². The molecule has 5 heteroatoms. The van der Waals surface area contributed by atoms with Crippen molar-refractivity contribution in [1.82, 2.24) is 10.3 Å². The summed E-state index contributed by atoms with van der Waals surface area (Å²) in [6.45, 7) is 0.473. The number of hydrogen-bond donors (Lipinski definition) is 2. The molecule has 4 nitrogen and oxygen atoms in total. The molecule has 146 valence electrons. The number of amides is 1. The van der Waals surface area contributed by atoms with Crippen molar-refractivity contribution in [1.29, 1.82) is 0 Å². The molecule has 0 saturated carbocycles. The molecular formula is C24H21BrN2O2. The highest BCUT2D eigenvalue weighted by molar-refractivity contribution is 9.10. The lowest BCUT2D eigenvalue weighted by Gasteiger charge is -2.19. The minimum Gasteiger partial charge on any atom is -0.496 e. The average molecular weight is 449 g/mol. The first-order valence-corrected chi connectivity index (χ1v) is 10.2. The van der Waals surface area contributed by atoms with Crippen LogP contribution >= 0.6 is 15.9 Å². The molecule has 0 radical (unpaired) electrons. The Labute approximate surface area is 178 Å². The predicted octanol–water partition coefficient (Wildman–Crippen LogP) is 5.50. The van der Waals surface area contributed by atoms with Crippen LogP contribution in [0.15, 0.2) is 83.5 Å². The summed E-state index contributed by atoms with van der Waals surface area (Å²) in [5.41, 5.74) is 3.91. The lowest BCUT2D eigenvalue weighted by molar-refractivity contribution is 0.0949. The van der Waals surface area contributed by atoms with Crippen LogP contribution in [-0.4, -0.2) is 24.5 Å². The Balaban J connectivity index is 1.66. The Morgan fingerprint density at radius 3 is 2.55 bits per heavy atom. The summed E-state index contributed by atoms with van der Waals surface area (Å²) in [5, 5.41) is 4.25. The van der Waals surface area contributed by atoms with E-state index < -0.39 is 0 Å². The molecule has 1 atom stereocenters. The van der Waals surface area contributed by atoms with Crippen molar-refractivity contribution in [2.45, 2.75) is 5.92 Å². The maximum atomic E-state index is 12.8. The molecular weight excluding hydrogens is 428 g/mol. The lowest BCUT2D eigenvalue weighted by Crippen LogP contribution is -2.29. The molecule has 0 aliphatic heterocycles. The van der Waals surface area contributed by atoms with Crippen LogP contribution in [0.4, 0.5) is 0 Å². The Morgan fingerprint density at radius 2 is 1.76 bits per heavy atom. The third-order valence-corrected chi connectivity index (χ3v) is 5.62. The summed E-state index contributed by atoms with van der Waals surface area (Å²) in [6.07, 6.45) is 2.03. The van der Waals surface area contributed by atoms with Crippen LogP contribution in [0.2, 0.25) is 0 Å². The number of rotatable bonds is 6. The van der Waals surface area contributed by atoms with Gasteiger partial charge in [-0.25, -0.2) is 0 Å². The number of benzene rings is 3. The summed E-state index contributed by atoms with van der Waals surface area (Å²) in [7, 11) is 1.57. The summed E-state index contributed by atoms with van der Waals surface area (Å²) < 4.78 is 6.35. The van der Waals surface area contributed by atoms with Crippen molar-refractivity contribution in [3.8, 4) is 5.75 Å². The Hall–Kier alpha value is -3.05. The molecule has 0 aliphatic rings. The highest BCUT2D eigenvalue weighted by Gasteiger charge is 2.20. The second kappa shape index (κ2) is 8.53. The Bertz CT molecular complexity index is 1140. The molecule has 4 aromatic rings. The van der Waals surface area contributed by atoms with Gasteiger partial charge in [0.15, 0.2) is 0 Å².